The Kier molecular flexibility index (Phi) is 2.77. The SMILES string of the molecule is C=[N+](C)/C=C/C(C)=O. The molecule has 0 aliphatic heterocycles. The molecule has 0 amide bonds. The zero-order valence-corrected chi connectivity index (χ0v) is 5.22. The number of carbonyl (C=O) groups is 1. The van der Waals surface area contributed by atoms with Crippen molar-refractivity contribution < 1.29 is 9.37 Å². The predicted molar refractivity (Wildman–Crippen MR) is 33.1 cm³/mol. The maximum Gasteiger partial charge on any atom is 0.171 e. The van der Waals surface area contributed by atoms with E-state index in [0.717, 1.165) is 0 Å². The molecule has 0 atom stereocenters. The van der Waals surface area contributed by atoms with Crippen molar-refractivity contribution in [3.8, 4) is 0 Å². The normalized spacial score (nSPS) is 9.75. The summed E-state index contributed by atoms with van der Waals surface area (Å²) in [5.41, 5.74) is 0. The monoisotopic (exact) mass is 112 g/mol. The van der Waals surface area contributed by atoms with Crippen LogP contribution in [0.25, 0.3) is 0 Å². The summed E-state index contributed by atoms with van der Waals surface area (Å²) in [7, 11) is 1.76. The van der Waals surface area contributed by atoms with Gasteiger partial charge in [0.15, 0.2) is 12.0 Å². The van der Waals surface area contributed by atoms with Crippen LogP contribution in [-0.2, 0) is 4.79 Å². The van der Waals surface area contributed by atoms with Crippen LogP contribution in [0.2, 0.25) is 0 Å². The molecule has 0 aromatic carbocycles. The molecule has 0 heterocycles. The third kappa shape index (κ3) is 5.08. The number of ketones is 1. The van der Waals surface area contributed by atoms with Crippen LogP contribution < -0.4 is 0 Å². The van der Waals surface area contributed by atoms with Crippen LogP contribution in [0.4, 0.5) is 0 Å². The van der Waals surface area contributed by atoms with E-state index in [1.54, 1.807) is 17.8 Å². The first-order valence-electron chi connectivity index (χ1n) is 2.35. The van der Waals surface area contributed by atoms with Crippen LogP contribution in [0.5, 0.6) is 0 Å². The molecule has 2 heteroatoms. The first kappa shape index (κ1) is 7.08. The second kappa shape index (κ2) is 3.13. The fourth-order valence-corrected chi connectivity index (χ4v) is 0.232. The smallest absolute Gasteiger partial charge is 0.171 e. The van der Waals surface area contributed by atoms with Gasteiger partial charge in [0, 0.05) is 6.08 Å². The Bertz CT molecular complexity index is 119. The molecule has 44 valence electrons. The molecule has 0 bridgehead atoms. The van der Waals surface area contributed by atoms with Crippen molar-refractivity contribution in [3.63, 3.8) is 0 Å². The zero-order valence-electron chi connectivity index (χ0n) is 5.22. The van der Waals surface area contributed by atoms with E-state index < -0.39 is 0 Å². The van der Waals surface area contributed by atoms with E-state index in [1.807, 2.05) is 0 Å². The first-order valence-corrected chi connectivity index (χ1v) is 2.35. The highest BCUT2D eigenvalue weighted by molar-refractivity contribution is 5.86. The van der Waals surface area contributed by atoms with Crippen molar-refractivity contribution in [2.75, 3.05) is 7.05 Å². The van der Waals surface area contributed by atoms with E-state index in [-0.39, 0.29) is 5.78 Å². The summed E-state index contributed by atoms with van der Waals surface area (Å²) in [5.74, 6) is 0.0421. The molecule has 0 N–H and O–H groups in total. The number of carbonyl (C=O) groups excluding carboxylic acids is 1. The van der Waals surface area contributed by atoms with Crippen LogP contribution in [-0.4, -0.2) is 24.1 Å². The maximum atomic E-state index is 10.2. The molecule has 0 unspecified atom stereocenters. The van der Waals surface area contributed by atoms with Gasteiger partial charge < -0.3 is 0 Å². The van der Waals surface area contributed by atoms with Gasteiger partial charge in [-0.15, -0.1) is 0 Å². The van der Waals surface area contributed by atoms with Crippen molar-refractivity contribution in [3.05, 3.63) is 12.3 Å². The Balaban J connectivity index is 3.67. The summed E-state index contributed by atoms with van der Waals surface area (Å²) in [6.07, 6.45) is 3.08. The van der Waals surface area contributed by atoms with Crippen molar-refractivity contribution >= 4 is 12.5 Å². The van der Waals surface area contributed by atoms with Gasteiger partial charge in [-0.1, -0.05) is 0 Å². The van der Waals surface area contributed by atoms with Gasteiger partial charge >= 0.3 is 0 Å². The first-order chi connectivity index (χ1) is 3.63. The van der Waals surface area contributed by atoms with Crippen molar-refractivity contribution in [2.45, 2.75) is 6.92 Å². The van der Waals surface area contributed by atoms with Gasteiger partial charge in [0.25, 0.3) is 0 Å². The molecule has 0 spiro atoms. The standard InChI is InChI=1S/C6H10NO/c1-6(8)4-5-7(2)3/h4-5H,2H2,1,3H3/q+1/b5-4+. The lowest BCUT2D eigenvalue weighted by Crippen LogP contribution is -1.90. The number of hydrogen-bond acceptors (Lipinski definition) is 1. The van der Waals surface area contributed by atoms with Crippen LogP contribution in [0.15, 0.2) is 12.3 Å². The van der Waals surface area contributed by atoms with Gasteiger partial charge in [0.2, 0.25) is 0 Å². The number of allylic oxidation sites excluding steroid dienone is 1. The van der Waals surface area contributed by atoms with Crippen LogP contribution in [0, 0.1) is 0 Å². The summed E-state index contributed by atoms with van der Waals surface area (Å²) in [4.78, 5) is 10.2. The largest absolute Gasteiger partial charge is 0.295 e. The molecule has 0 fully saturated rings. The van der Waals surface area contributed by atoms with Crippen molar-refractivity contribution in [1.82, 2.24) is 0 Å². The van der Waals surface area contributed by atoms with E-state index in [2.05, 4.69) is 6.72 Å². The van der Waals surface area contributed by atoms with Crippen molar-refractivity contribution in [2.24, 2.45) is 0 Å². The molecular formula is C6H10NO+. The number of rotatable bonds is 2. The van der Waals surface area contributed by atoms with E-state index >= 15 is 0 Å². The molecule has 0 aromatic rings. The van der Waals surface area contributed by atoms with Gasteiger partial charge in [-0.2, -0.15) is 0 Å². The molecular weight excluding hydrogens is 102 g/mol. The third-order valence-corrected chi connectivity index (χ3v) is 0.564. The summed E-state index contributed by atoms with van der Waals surface area (Å²) in [6.45, 7) is 5.00. The van der Waals surface area contributed by atoms with E-state index in [9.17, 15) is 4.79 Å². The van der Waals surface area contributed by atoms with Gasteiger partial charge in [-0.3, -0.25) is 4.79 Å². The number of hydrogen-bond donors (Lipinski definition) is 0. The van der Waals surface area contributed by atoms with E-state index in [1.165, 1.54) is 13.0 Å². The molecule has 0 aromatic heterocycles. The molecule has 0 rings (SSSR count). The van der Waals surface area contributed by atoms with Gasteiger partial charge in [-0.05, 0) is 6.92 Å². The topological polar surface area (TPSA) is 20.1 Å². The Hall–Kier alpha value is -0.920. The quantitative estimate of drug-likeness (QED) is 0.288. The molecule has 0 saturated carbocycles. The summed E-state index contributed by atoms with van der Waals surface area (Å²) in [5, 5.41) is 0. The average Bonchev–Trinajstić information content (AvgIpc) is 1.61. The second-order valence-corrected chi connectivity index (χ2v) is 1.68. The molecule has 8 heavy (non-hydrogen) atoms. The van der Waals surface area contributed by atoms with Crippen LogP contribution >= 0.6 is 0 Å². The fraction of sp³-hybridized carbons (Fsp3) is 0.333. The van der Waals surface area contributed by atoms with E-state index in [0.29, 0.717) is 0 Å². The Morgan fingerprint density at radius 2 is 2.25 bits per heavy atom. The van der Waals surface area contributed by atoms with Gasteiger partial charge in [0.05, 0.1) is 0 Å². The summed E-state index contributed by atoms with van der Waals surface area (Å²) >= 11 is 0. The lowest BCUT2D eigenvalue weighted by atomic mass is 10.4. The lowest BCUT2D eigenvalue weighted by Gasteiger charge is -1.76. The Labute approximate surface area is 49.1 Å². The number of nitrogens with zero attached hydrogens (tertiary/aromatic N) is 1. The van der Waals surface area contributed by atoms with Crippen LogP contribution in [0.1, 0.15) is 6.92 Å². The highest BCUT2D eigenvalue weighted by Gasteiger charge is 1.83. The minimum atomic E-state index is 0.0421. The minimum Gasteiger partial charge on any atom is -0.295 e. The highest BCUT2D eigenvalue weighted by Crippen LogP contribution is 1.72. The van der Waals surface area contributed by atoms with Crippen molar-refractivity contribution in [1.29, 1.82) is 0 Å². The van der Waals surface area contributed by atoms with Crippen LogP contribution in [0.3, 0.4) is 0 Å². The molecule has 0 aliphatic rings. The zero-order chi connectivity index (χ0) is 6.57. The second-order valence-electron chi connectivity index (χ2n) is 1.68. The van der Waals surface area contributed by atoms with Gasteiger partial charge in [0.1, 0.15) is 13.8 Å². The average molecular weight is 112 g/mol. The third-order valence-electron chi connectivity index (χ3n) is 0.564. The molecule has 0 saturated heterocycles. The maximum absolute atomic E-state index is 10.2. The predicted octanol–water partition coefficient (Wildman–Crippen LogP) is 0.432. The molecule has 0 aliphatic carbocycles. The molecule has 2 nitrogen and oxygen atoms in total. The summed E-state index contributed by atoms with van der Waals surface area (Å²) in [6, 6.07) is 0. The minimum absolute atomic E-state index is 0.0421. The Morgan fingerprint density at radius 3 is 2.38 bits per heavy atom. The molecule has 0 radical (unpaired) electrons. The summed E-state index contributed by atoms with van der Waals surface area (Å²) < 4.78 is 1.57. The Morgan fingerprint density at radius 1 is 1.75 bits per heavy atom. The lowest BCUT2D eigenvalue weighted by molar-refractivity contribution is -0.411. The fourth-order valence-electron chi connectivity index (χ4n) is 0.232. The van der Waals surface area contributed by atoms with E-state index in [4.69, 9.17) is 0 Å². The van der Waals surface area contributed by atoms with Gasteiger partial charge in [-0.25, -0.2) is 4.58 Å². The highest BCUT2D eigenvalue weighted by atomic mass is 16.1.